The van der Waals surface area contributed by atoms with Gasteiger partial charge in [-0.2, -0.15) is 5.10 Å². The summed E-state index contributed by atoms with van der Waals surface area (Å²) in [6.45, 7) is 3.42. The third-order valence-electron chi connectivity index (χ3n) is 4.38. The van der Waals surface area contributed by atoms with E-state index in [1.165, 1.54) is 18.1 Å². The van der Waals surface area contributed by atoms with Gasteiger partial charge in [-0.25, -0.2) is 9.18 Å². The molecule has 1 aromatic heterocycles. The van der Waals surface area contributed by atoms with E-state index < -0.39 is 0 Å². The van der Waals surface area contributed by atoms with Crippen LogP contribution in [0.25, 0.3) is 0 Å². The van der Waals surface area contributed by atoms with Gasteiger partial charge in [0.15, 0.2) is 11.6 Å². The Bertz CT molecular complexity index is 790. The second-order valence-electron chi connectivity index (χ2n) is 6.58. The molecular formula is C18H24FN5O2. The van der Waals surface area contributed by atoms with E-state index in [4.69, 9.17) is 4.74 Å². The molecule has 2 aromatic rings. The molecule has 0 aliphatic carbocycles. The van der Waals surface area contributed by atoms with Gasteiger partial charge in [0, 0.05) is 33.7 Å². The number of nitrogens with zero attached hydrogens (tertiary/aromatic N) is 4. The molecule has 2 heterocycles. The molecule has 0 saturated carbocycles. The number of fused-ring (bicyclic) bond motifs is 1. The number of halogens is 1. The number of amides is 2. The van der Waals surface area contributed by atoms with Crippen molar-refractivity contribution < 1.29 is 13.9 Å². The molecule has 1 aliphatic rings. The summed E-state index contributed by atoms with van der Waals surface area (Å²) in [5.74, 6) is -0.0825. The third kappa shape index (κ3) is 4.13. The average molecular weight is 361 g/mol. The standard InChI is InChI=1S/C18H24FN5O2/c1-22(2)18(25)20-10-14-9-15-12-23(6-7-24(15)21-14)11-13-4-5-17(26-3)16(19)8-13/h4-5,8-9H,6-7,10-12H2,1-3H3,(H,20,25). The number of carbonyl (C=O) groups excluding carboxylic acids is 1. The van der Waals surface area contributed by atoms with Crippen molar-refractivity contribution in [2.75, 3.05) is 27.7 Å². The number of ether oxygens (including phenoxy) is 1. The van der Waals surface area contributed by atoms with Crippen LogP contribution >= 0.6 is 0 Å². The molecular weight excluding hydrogens is 337 g/mol. The second kappa shape index (κ2) is 7.74. The van der Waals surface area contributed by atoms with Crippen LogP contribution in [0.15, 0.2) is 24.3 Å². The topological polar surface area (TPSA) is 62.6 Å². The lowest BCUT2D eigenvalue weighted by atomic mass is 10.1. The summed E-state index contributed by atoms with van der Waals surface area (Å²) in [6, 6.07) is 6.93. The van der Waals surface area contributed by atoms with Crippen molar-refractivity contribution in [1.82, 2.24) is 24.9 Å². The molecule has 1 N–H and O–H groups in total. The van der Waals surface area contributed by atoms with Gasteiger partial charge in [0.1, 0.15) is 0 Å². The van der Waals surface area contributed by atoms with Crippen molar-refractivity contribution in [2.45, 2.75) is 26.2 Å². The third-order valence-corrected chi connectivity index (χ3v) is 4.38. The van der Waals surface area contributed by atoms with Crippen LogP contribution in [0.5, 0.6) is 5.75 Å². The zero-order valence-electron chi connectivity index (χ0n) is 15.3. The van der Waals surface area contributed by atoms with E-state index in [0.29, 0.717) is 13.1 Å². The fraction of sp³-hybridized carbons (Fsp3) is 0.444. The molecule has 1 aromatic carbocycles. The molecule has 0 bridgehead atoms. The number of methoxy groups -OCH3 is 1. The summed E-state index contributed by atoms with van der Waals surface area (Å²) < 4.78 is 20.8. The highest BCUT2D eigenvalue weighted by Gasteiger charge is 2.19. The molecule has 1 aliphatic heterocycles. The van der Waals surface area contributed by atoms with Crippen LogP contribution in [0.2, 0.25) is 0 Å². The molecule has 140 valence electrons. The van der Waals surface area contributed by atoms with Crippen molar-refractivity contribution in [3.63, 3.8) is 0 Å². The van der Waals surface area contributed by atoms with Gasteiger partial charge >= 0.3 is 6.03 Å². The fourth-order valence-corrected chi connectivity index (χ4v) is 2.99. The lowest BCUT2D eigenvalue weighted by molar-refractivity contribution is 0.204. The molecule has 0 radical (unpaired) electrons. The molecule has 2 amide bonds. The smallest absolute Gasteiger partial charge is 0.317 e. The first-order chi connectivity index (χ1) is 12.5. The fourth-order valence-electron chi connectivity index (χ4n) is 2.99. The molecule has 3 rings (SSSR count). The van der Waals surface area contributed by atoms with E-state index in [-0.39, 0.29) is 17.6 Å². The van der Waals surface area contributed by atoms with Gasteiger partial charge in [0.25, 0.3) is 0 Å². The highest BCUT2D eigenvalue weighted by Crippen LogP contribution is 2.21. The van der Waals surface area contributed by atoms with Gasteiger partial charge in [-0.3, -0.25) is 9.58 Å². The first-order valence-electron chi connectivity index (χ1n) is 8.52. The largest absolute Gasteiger partial charge is 0.494 e. The average Bonchev–Trinajstić information content (AvgIpc) is 3.02. The van der Waals surface area contributed by atoms with Crippen LogP contribution < -0.4 is 10.1 Å². The minimum absolute atomic E-state index is 0.140. The van der Waals surface area contributed by atoms with Gasteiger partial charge in [0.2, 0.25) is 0 Å². The predicted octanol–water partition coefficient (Wildman–Crippen LogP) is 1.82. The molecule has 7 nitrogen and oxygen atoms in total. The van der Waals surface area contributed by atoms with Crippen LogP contribution in [0, 0.1) is 5.82 Å². The van der Waals surface area contributed by atoms with Crippen LogP contribution in [-0.4, -0.2) is 53.4 Å². The molecule has 0 unspecified atom stereocenters. The number of hydrogen-bond donors (Lipinski definition) is 1. The molecule has 26 heavy (non-hydrogen) atoms. The Morgan fingerprint density at radius 1 is 1.35 bits per heavy atom. The summed E-state index contributed by atoms with van der Waals surface area (Å²) in [6.07, 6.45) is 0. The van der Waals surface area contributed by atoms with Gasteiger partial charge in [-0.1, -0.05) is 6.07 Å². The Hall–Kier alpha value is -2.61. The quantitative estimate of drug-likeness (QED) is 0.882. The summed E-state index contributed by atoms with van der Waals surface area (Å²) in [5, 5.41) is 7.36. The van der Waals surface area contributed by atoms with Crippen molar-refractivity contribution in [3.8, 4) is 5.75 Å². The summed E-state index contributed by atoms with van der Waals surface area (Å²) in [5.41, 5.74) is 2.85. The van der Waals surface area contributed by atoms with Gasteiger partial charge < -0.3 is 15.0 Å². The number of benzene rings is 1. The van der Waals surface area contributed by atoms with E-state index in [1.807, 2.05) is 16.8 Å². The van der Waals surface area contributed by atoms with Crippen LogP contribution in [0.3, 0.4) is 0 Å². The minimum atomic E-state index is -0.342. The summed E-state index contributed by atoms with van der Waals surface area (Å²) >= 11 is 0. The Morgan fingerprint density at radius 2 is 2.15 bits per heavy atom. The monoisotopic (exact) mass is 361 g/mol. The Morgan fingerprint density at radius 3 is 2.85 bits per heavy atom. The zero-order chi connectivity index (χ0) is 18.7. The SMILES string of the molecule is COc1ccc(CN2CCn3nc(CNC(=O)N(C)C)cc3C2)cc1F. The Balaban J connectivity index is 1.61. The molecule has 0 atom stereocenters. The lowest BCUT2D eigenvalue weighted by Gasteiger charge is -2.27. The first-order valence-corrected chi connectivity index (χ1v) is 8.52. The van der Waals surface area contributed by atoms with E-state index >= 15 is 0 Å². The molecule has 8 heteroatoms. The Labute approximate surface area is 152 Å². The number of urea groups is 1. The number of aromatic nitrogens is 2. The first kappa shape index (κ1) is 18.2. The van der Waals surface area contributed by atoms with Gasteiger partial charge in [0.05, 0.1) is 31.6 Å². The van der Waals surface area contributed by atoms with Crippen LogP contribution in [-0.2, 0) is 26.2 Å². The second-order valence-corrected chi connectivity index (χ2v) is 6.58. The number of rotatable bonds is 5. The summed E-state index contributed by atoms with van der Waals surface area (Å²) in [7, 11) is 4.86. The van der Waals surface area contributed by atoms with E-state index in [1.54, 1.807) is 20.2 Å². The predicted molar refractivity (Wildman–Crippen MR) is 95.2 cm³/mol. The molecule has 0 saturated heterocycles. The van der Waals surface area contributed by atoms with E-state index in [9.17, 15) is 9.18 Å². The highest BCUT2D eigenvalue weighted by atomic mass is 19.1. The van der Waals surface area contributed by atoms with Crippen LogP contribution in [0.1, 0.15) is 17.0 Å². The lowest BCUT2D eigenvalue weighted by Crippen LogP contribution is -2.34. The minimum Gasteiger partial charge on any atom is -0.494 e. The van der Waals surface area contributed by atoms with Crippen molar-refractivity contribution in [1.29, 1.82) is 0 Å². The highest BCUT2D eigenvalue weighted by molar-refractivity contribution is 5.73. The normalized spacial score (nSPS) is 14.0. The molecule has 0 fully saturated rings. The van der Waals surface area contributed by atoms with E-state index in [0.717, 1.165) is 36.6 Å². The number of carbonyl (C=O) groups is 1. The number of hydrogen-bond acceptors (Lipinski definition) is 4. The Kier molecular flexibility index (Phi) is 5.41. The van der Waals surface area contributed by atoms with Gasteiger partial charge in [-0.15, -0.1) is 0 Å². The molecule has 0 spiro atoms. The zero-order valence-corrected chi connectivity index (χ0v) is 15.3. The van der Waals surface area contributed by atoms with Crippen molar-refractivity contribution in [3.05, 3.63) is 47.0 Å². The summed E-state index contributed by atoms with van der Waals surface area (Å²) in [4.78, 5) is 15.4. The van der Waals surface area contributed by atoms with Crippen molar-refractivity contribution >= 4 is 6.03 Å². The maximum absolute atomic E-state index is 13.9. The number of nitrogens with one attached hydrogen (secondary N) is 1. The van der Waals surface area contributed by atoms with E-state index in [2.05, 4.69) is 15.3 Å². The maximum Gasteiger partial charge on any atom is 0.317 e. The van der Waals surface area contributed by atoms with Gasteiger partial charge in [-0.05, 0) is 23.8 Å². The maximum atomic E-state index is 13.9. The van der Waals surface area contributed by atoms with Crippen LogP contribution in [0.4, 0.5) is 9.18 Å². The van der Waals surface area contributed by atoms with Crippen molar-refractivity contribution in [2.24, 2.45) is 0 Å².